The normalized spacial score (nSPS) is 11.4. The fourth-order valence-corrected chi connectivity index (χ4v) is 3.89. The molecular weight excluding hydrogens is 362 g/mol. The first kappa shape index (κ1) is 17.1. The van der Waals surface area contributed by atoms with E-state index in [0.717, 1.165) is 22.0 Å². The maximum atomic E-state index is 12.6. The molecule has 0 radical (unpaired) electrons. The molecule has 136 valence electrons. The van der Waals surface area contributed by atoms with Crippen LogP contribution in [0.1, 0.15) is 0 Å². The summed E-state index contributed by atoms with van der Waals surface area (Å²) in [7, 11) is -2.18. The Labute approximate surface area is 156 Å². The van der Waals surface area contributed by atoms with Crippen LogP contribution in [0, 0.1) is 0 Å². The van der Waals surface area contributed by atoms with Crippen LogP contribution in [0.5, 0.6) is 5.75 Å². The molecule has 0 aliphatic heterocycles. The minimum Gasteiger partial charge on any atom is -0.497 e. The number of nitrogens with one attached hydrogen (secondary N) is 2. The molecule has 0 aliphatic carbocycles. The molecular formula is C20H17N3O3S. The Hall–Kier alpha value is -3.32. The highest BCUT2D eigenvalue weighted by Crippen LogP contribution is 2.26. The van der Waals surface area contributed by atoms with Crippen LogP contribution < -0.4 is 9.46 Å². The maximum Gasteiger partial charge on any atom is 0.261 e. The van der Waals surface area contributed by atoms with Crippen molar-refractivity contribution < 1.29 is 13.2 Å². The summed E-state index contributed by atoms with van der Waals surface area (Å²) in [5.74, 6) is 0.595. The van der Waals surface area contributed by atoms with Crippen LogP contribution >= 0.6 is 0 Å². The molecule has 0 amide bonds. The molecule has 27 heavy (non-hydrogen) atoms. The van der Waals surface area contributed by atoms with E-state index in [-0.39, 0.29) is 4.90 Å². The lowest BCUT2D eigenvalue weighted by Crippen LogP contribution is -2.13. The Morgan fingerprint density at radius 2 is 1.78 bits per heavy atom. The zero-order valence-electron chi connectivity index (χ0n) is 14.5. The van der Waals surface area contributed by atoms with Gasteiger partial charge in [-0.1, -0.05) is 6.07 Å². The fraction of sp³-hybridized carbons (Fsp3) is 0.0500. The molecule has 2 aromatic heterocycles. The summed E-state index contributed by atoms with van der Waals surface area (Å²) in [6.45, 7) is 0. The van der Waals surface area contributed by atoms with Gasteiger partial charge < -0.3 is 9.72 Å². The number of H-pyrrole nitrogens is 1. The first-order valence-corrected chi connectivity index (χ1v) is 9.73. The molecule has 6 nitrogen and oxygen atoms in total. The van der Waals surface area contributed by atoms with Crippen molar-refractivity contribution in [2.45, 2.75) is 4.90 Å². The molecule has 0 spiro atoms. The van der Waals surface area contributed by atoms with E-state index in [1.165, 1.54) is 25.4 Å². The third-order valence-corrected chi connectivity index (χ3v) is 5.64. The molecule has 4 aromatic rings. The largest absolute Gasteiger partial charge is 0.497 e. The van der Waals surface area contributed by atoms with Crippen LogP contribution in [0.25, 0.3) is 22.0 Å². The van der Waals surface area contributed by atoms with E-state index in [2.05, 4.69) is 14.7 Å². The third-order valence-electron chi connectivity index (χ3n) is 4.25. The van der Waals surface area contributed by atoms with Crippen LogP contribution in [0.3, 0.4) is 0 Å². The molecule has 0 saturated carbocycles. The van der Waals surface area contributed by atoms with Gasteiger partial charge in [0.1, 0.15) is 5.75 Å². The number of hydrogen-bond donors (Lipinski definition) is 2. The minimum absolute atomic E-state index is 0.155. The molecule has 0 aliphatic rings. The summed E-state index contributed by atoms with van der Waals surface area (Å²) in [6, 6.07) is 16.0. The van der Waals surface area contributed by atoms with E-state index < -0.39 is 10.0 Å². The Balaban J connectivity index is 1.63. The van der Waals surface area contributed by atoms with Crippen molar-refractivity contribution in [3.05, 3.63) is 73.2 Å². The minimum atomic E-state index is -3.71. The van der Waals surface area contributed by atoms with Crippen LogP contribution in [0.15, 0.2) is 78.1 Å². The first-order chi connectivity index (χ1) is 13.0. The second kappa shape index (κ2) is 6.77. The van der Waals surface area contributed by atoms with E-state index in [9.17, 15) is 8.42 Å². The number of fused-ring (bicyclic) bond motifs is 1. The summed E-state index contributed by atoms with van der Waals surface area (Å²) in [6.07, 6.45) is 5.07. The van der Waals surface area contributed by atoms with E-state index in [4.69, 9.17) is 4.74 Å². The molecule has 0 fully saturated rings. The molecule has 2 N–H and O–H groups in total. The summed E-state index contributed by atoms with van der Waals surface area (Å²) >= 11 is 0. The molecule has 0 saturated heterocycles. The molecule has 0 bridgehead atoms. The van der Waals surface area contributed by atoms with Crippen LogP contribution in [-0.2, 0) is 10.0 Å². The summed E-state index contributed by atoms with van der Waals surface area (Å²) in [5.41, 5.74) is 3.23. The number of anilines is 1. The van der Waals surface area contributed by atoms with Gasteiger partial charge in [0.15, 0.2) is 0 Å². The van der Waals surface area contributed by atoms with Crippen molar-refractivity contribution in [1.82, 2.24) is 9.97 Å². The van der Waals surface area contributed by atoms with Gasteiger partial charge in [-0.15, -0.1) is 0 Å². The van der Waals surface area contributed by atoms with Gasteiger partial charge in [-0.05, 0) is 59.5 Å². The highest BCUT2D eigenvalue weighted by molar-refractivity contribution is 7.92. The SMILES string of the molecule is COc1ccc(S(=O)(=O)Nc2cncc(-c3ccc4[nH]ccc4c3)c2)cc1. The van der Waals surface area contributed by atoms with Gasteiger partial charge in [-0.25, -0.2) is 8.42 Å². The lowest BCUT2D eigenvalue weighted by Gasteiger charge is -2.10. The van der Waals surface area contributed by atoms with Gasteiger partial charge in [-0.3, -0.25) is 9.71 Å². The topological polar surface area (TPSA) is 84.1 Å². The van der Waals surface area contributed by atoms with Crippen LogP contribution in [0.4, 0.5) is 5.69 Å². The standard InChI is InChI=1S/C20H17N3O3S/c1-26-18-3-5-19(6-4-18)27(24,25)23-17-11-16(12-21-13-17)14-2-7-20-15(10-14)8-9-22-20/h2-13,22-23H,1H3. The van der Waals surface area contributed by atoms with Gasteiger partial charge in [0, 0.05) is 23.5 Å². The molecule has 4 rings (SSSR count). The summed E-state index contributed by atoms with van der Waals surface area (Å²) < 4.78 is 32.8. The van der Waals surface area contributed by atoms with Crippen molar-refractivity contribution >= 4 is 26.6 Å². The lowest BCUT2D eigenvalue weighted by molar-refractivity contribution is 0.414. The number of sulfonamides is 1. The highest BCUT2D eigenvalue weighted by Gasteiger charge is 2.15. The molecule has 2 heterocycles. The smallest absolute Gasteiger partial charge is 0.261 e. The van der Waals surface area contributed by atoms with Crippen molar-refractivity contribution in [2.24, 2.45) is 0 Å². The second-order valence-electron chi connectivity index (χ2n) is 6.02. The van der Waals surface area contributed by atoms with Crippen molar-refractivity contribution in [2.75, 3.05) is 11.8 Å². The van der Waals surface area contributed by atoms with Gasteiger partial charge >= 0.3 is 0 Å². The maximum absolute atomic E-state index is 12.6. The van der Waals surface area contributed by atoms with Crippen molar-refractivity contribution in [3.8, 4) is 16.9 Å². The number of hydrogen-bond acceptors (Lipinski definition) is 4. The number of rotatable bonds is 5. The lowest BCUT2D eigenvalue weighted by atomic mass is 10.1. The molecule has 0 atom stereocenters. The number of ether oxygens (including phenoxy) is 1. The predicted molar refractivity (Wildman–Crippen MR) is 105 cm³/mol. The first-order valence-electron chi connectivity index (χ1n) is 8.25. The Bertz CT molecular complexity index is 1200. The van der Waals surface area contributed by atoms with Crippen LogP contribution in [-0.4, -0.2) is 25.5 Å². The van der Waals surface area contributed by atoms with E-state index >= 15 is 0 Å². The van der Waals surface area contributed by atoms with Crippen LogP contribution in [0.2, 0.25) is 0 Å². The zero-order chi connectivity index (χ0) is 18.9. The summed E-state index contributed by atoms with van der Waals surface area (Å²) in [4.78, 5) is 7.49. The number of aromatic amines is 1. The molecule has 0 unspecified atom stereocenters. The number of methoxy groups -OCH3 is 1. The van der Waals surface area contributed by atoms with Gasteiger partial charge in [0.25, 0.3) is 10.0 Å². The van der Waals surface area contributed by atoms with E-state index in [1.54, 1.807) is 24.4 Å². The Morgan fingerprint density at radius 3 is 2.56 bits per heavy atom. The van der Waals surface area contributed by atoms with E-state index in [0.29, 0.717) is 11.4 Å². The average Bonchev–Trinajstić information content (AvgIpc) is 3.16. The zero-order valence-corrected chi connectivity index (χ0v) is 15.3. The number of nitrogens with zero attached hydrogens (tertiary/aromatic N) is 1. The van der Waals surface area contributed by atoms with Crippen molar-refractivity contribution in [3.63, 3.8) is 0 Å². The van der Waals surface area contributed by atoms with E-state index in [1.807, 2.05) is 30.5 Å². The van der Waals surface area contributed by atoms with Gasteiger partial charge in [-0.2, -0.15) is 0 Å². The summed E-state index contributed by atoms with van der Waals surface area (Å²) in [5, 5.41) is 1.08. The highest BCUT2D eigenvalue weighted by atomic mass is 32.2. The van der Waals surface area contributed by atoms with Gasteiger partial charge in [0.05, 0.1) is 23.9 Å². The monoisotopic (exact) mass is 379 g/mol. The average molecular weight is 379 g/mol. The number of pyridine rings is 1. The third kappa shape index (κ3) is 3.50. The Kier molecular flexibility index (Phi) is 4.29. The molecule has 2 aromatic carbocycles. The Morgan fingerprint density at radius 1 is 0.963 bits per heavy atom. The van der Waals surface area contributed by atoms with Gasteiger partial charge in [0.2, 0.25) is 0 Å². The predicted octanol–water partition coefficient (Wildman–Crippen LogP) is 4.04. The number of aromatic nitrogens is 2. The van der Waals surface area contributed by atoms with Crippen molar-refractivity contribution in [1.29, 1.82) is 0 Å². The quantitative estimate of drug-likeness (QED) is 0.548. The number of benzene rings is 2. The fourth-order valence-electron chi connectivity index (χ4n) is 2.86. The second-order valence-corrected chi connectivity index (χ2v) is 7.71. The molecule has 7 heteroatoms.